The number of hydrogen-bond acceptors (Lipinski definition) is 3. The second kappa shape index (κ2) is 7.32. The van der Waals surface area contributed by atoms with Crippen molar-refractivity contribution < 1.29 is 49.0 Å². The topological polar surface area (TPSA) is 53.3 Å². The summed E-state index contributed by atoms with van der Waals surface area (Å²) in [7, 11) is 0. The molecule has 1 amide bonds. The van der Waals surface area contributed by atoms with Gasteiger partial charge in [0, 0.05) is 11.3 Å². The lowest BCUT2D eigenvalue weighted by molar-refractivity contribution is -0.250. The highest BCUT2D eigenvalue weighted by Crippen LogP contribution is 2.49. The summed E-state index contributed by atoms with van der Waals surface area (Å²) in [6.45, 7) is -1.44. The molecule has 13 heteroatoms. The summed E-state index contributed by atoms with van der Waals surface area (Å²) in [5.74, 6) is 0. The third-order valence-corrected chi connectivity index (χ3v) is 4.72. The lowest BCUT2D eigenvalue weighted by atomic mass is 9.91. The lowest BCUT2D eigenvalue weighted by Gasteiger charge is -2.30. The van der Waals surface area contributed by atoms with Crippen LogP contribution < -0.4 is 4.90 Å². The fourth-order valence-electron chi connectivity index (χ4n) is 3.16. The molecule has 2 aromatic carbocycles. The maximum Gasteiger partial charge on any atom is 0.434 e. The summed E-state index contributed by atoms with van der Waals surface area (Å²) < 4.78 is 125. The Balaban J connectivity index is 2.12. The van der Waals surface area contributed by atoms with Crippen LogP contribution in [0.5, 0.6) is 0 Å². The number of benzene rings is 2. The zero-order valence-corrected chi connectivity index (χ0v) is 15.4. The van der Waals surface area contributed by atoms with E-state index in [2.05, 4.69) is 4.74 Å². The van der Waals surface area contributed by atoms with E-state index in [4.69, 9.17) is 5.26 Å². The van der Waals surface area contributed by atoms with Crippen molar-refractivity contribution in [2.24, 2.45) is 0 Å². The van der Waals surface area contributed by atoms with Gasteiger partial charge < -0.3 is 4.74 Å². The number of nitriles is 1. The average molecular weight is 468 g/mol. The summed E-state index contributed by atoms with van der Waals surface area (Å²) in [6, 6.07) is 5.04. The monoisotopic (exact) mass is 468 g/mol. The molecule has 1 fully saturated rings. The molecule has 3 rings (SSSR count). The highest BCUT2D eigenvalue weighted by molar-refractivity contribution is 5.91. The fraction of sp³-hybridized carbons (Fsp3) is 0.263. The zero-order chi connectivity index (χ0) is 24.1. The van der Waals surface area contributed by atoms with Gasteiger partial charge in [-0.3, -0.25) is 4.90 Å². The van der Waals surface area contributed by atoms with Gasteiger partial charge >= 0.3 is 24.6 Å². The zero-order valence-electron chi connectivity index (χ0n) is 15.4. The molecule has 0 aliphatic carbocycles. The van der Waals surface area contributed by atoms with Crippen molar-refractivity contribution >= 4 is 11.8 Å². The van der Waals surface area contributed by atoms with Crippen LogP contribution in [0.3, 0.4) is 0 Å². The van der Waals surface area contributed by atoms with Gasteiger partial charge in [0.05, 0.1) is 29.3 Å². The van der Waals surface area contributed by atoms with E-state index in [-0.39, 0.29) is 11.0 Å². The average Bonchev–Trinajstić information content (AvgIpc) is 3.05. The molecule has 1 saturated heterocycles. The van der Waals surface area contributed by atoms with Crippen molar-refractivity contribution in [3.8, 4) is 6.07 Å². The maximum absolute atomic E-state index is 14.0. The summed E-state index contributed by atoms with van der Waals surface area (Å²) >= 11 is 0. The van der Waals surface area contributed by atoms with Crippen molar-refractivity contribution in [3.05, 3.63) is 64.7 Å². The molecule has 1 aliphatic rings. The standard InChI is InChI=1S/C19H9F9N2O2/c20-17(21,22)12-3-1-2-11(6-12)16(19(26,27)28)9-30(15(31)32-16)13-5-4-10(8-29)14(7-13)18(23,24)25/h1-7H,9H2. The number of carbonyl (C=O) groups excluding carboxylic acids is 1. The second-order valence-corrected chi connectivity index (χ2v) is 6.70. The molecule has 1 atom stereocenters. The van der Waals surface area contributed by atoms with Crippen molar-refractivity contribution in [2.75, 3.05) is 11.4 Å². The Bertz CT molecular complexity index is 1100. The SMILES string of the molecule is N#Cc1ccc(N2CC(c3cccc(C(F)(F)F)c3)(C(F)(F)F)OC2=O)cc1C(F)(F)F. The number of amides is 1. The molecule has 1 heterocycles. The van der Waals surface area contributed by atoms with Crippen LogP contribution in [0.1, 0.15) is 22.3 Å². The van der Waals surface area contributed by atoms with Crippen molar-refractivity contribution in [1.29, 1.82) is 5.26 Å². The highest BCUT2D eigenvalue weighted by atomic mass is 19.4. The molecular weight excluding hydrogens is 459 g/mol. The van der Waals surface area contributed by atoms with Crippen LogP contribution in [0.25, 0.3) is 0 Å². The van der Waals surface area contributed by atoms with Crippen molar-refractivity contribution in [1.82, 2.24) is 0 Å². The molecule has 170 valence electrons. The molecule has 0 radical (unpaired) electrons. The van der Waals surface area contributed by atoms with Gasteiger partial charge in [-0.25, -0.2) is 4.79 Å². The first kappa shape index (κ1) is 23.2. The second-order valence-electron chi connectivity index (χ2n) is 6.70. The van der Waals surface area contributed by atoms with Gasteiger partial charge in [0.1, 0.15) is 0 Å². The van der Waals surface area contributed by atoms with Gasteiger partial charge in [-0.1, -0.05) is 12.1 Å². The third-order valence-electron chi connectivity index (χ3n) is 4.72. The third kappa shape index (κ3) is 3.92. The number of cyclic esters (lactones) is 1. The van der Waals surface area contributed by atoms with Gasteiger partial charge in [0.2, 0.25) is 0 Å². The Labute approximate surface area is 173 Å². The Morgan fingerprint density at radius 2 is 1.59 bits per heavy atom. The van der Waals surface area contributed by atoms with Gasteiger partial charge in [0.15, 0.2) is 0 Å². The largest absolute Gasteiger partial charge is 0.434 e. The molecule has 0 bridgehead atoms. The summed E-state index contributed by atoms with van der Waals surface area (Å²) in [6.07, 6.45) is -17.2. The van der Waals surface area contributed by atoms with E-state index in [0.717, 1.165) is 6.07 Å². The van der Waals surface area contributed by atoms with Gasteiger partial charge in [0.25, 0.3) is 5.60 Å². The Hall–Kier alpha value is -3.43. The first-order valence-electron chi connectivity index (χ1n) is 8.46. The minimum absolute atomic E-state index is 0.157. The normalized spacial score (nSPS) is 19.6. The maximum atomic E-state index is 14.0. The highest BCUT2D eigenvalue weighted by Gasteiger charge is 2.65. The van der Waals surface area contributed by atoms with Crippen LogP contribution in [0.4, 0.5) is 50.0 Å². The molecule has 1 aliphatic heterocycles. The minimum atomic E-state index is -5.42. The van der Waals surface area contributed by atoms with E-state index in [1.807, 2.05) is 0 Å². The van der Waals surface area contributed by atoms with E-state index in [1.165, 1.54) is 6.07 Å². The van der Waals surface area contributed by atoms with Gasteiger partial charge in [-0.2, -0.15) is 44.8 Å². The Morgan fingerprint density at radius 1 is 0.938 bits per heavy atom. The lowest BCUT2D eigenvalue weighted by Crippen LogP contribution is -2.46. The predicted molar refractivity (Wildman–Crippen MR) is 89.2 cm³/mol. The van der Waals surface area contributed by atoms with Crippen LogP contribution in [0.2, 0.25) is 0 Å². The minimum Gasteiger partial charge on any atom is -0.426 e. The number of rotatable bonds is 2. The quantitative estimate of drug-likeness (QED) is 0.508. The van der Waals surface area contributed by atoms with E-state index >= 15 is 0 Å². The van der Waals surface area contributed by atoms with Crippen LogP contribution in [-0.4, -0.2) is 18.8 Å². The molecule has 0 N–H and O–H groups in total. The Kier molecular flexibility index (Phi) is 5.31. The number of ether oxygens (including phenoxy) is 1. The molecule has 2 aromatic rings. The first-order chi connectivity index (χ1) is 14.6. The molecule has 4 nitrogen and oxygen atoms in total. The molecular formula is C19H9F9N2O2. The van der Waals surface area contributed by atoms with Gasteiger partial charge in [-0.05, 0) is 30.3 Å². The molecule has 0 spiro atoms. The fourth-order valence-corrected chi connectivity index (χ4v) is 3.16. The molecule has 0 saturated carbocycles. The Morgan fingerprint density at radius 3 is 2.12 bits per heavy atom. The summed E-state index contributed by atoms with van der Waals surface area (Å²) in [5, 5.41) is 8.82. The van der Waals surface area contributed by atoms with Crippen LogP contribution in [0.15, 0.2) is 42.5 Å². The molecule has 32 heavy (non-hydrogen) atoms. The number of halogens is 9. The van der Waals surface area contributed by atoms with Crippen LogP contribution >= 0.6 is 0 Å². The van der Waals surface area contributed by atoms with Crippen LogP contribution in [0, 0.1) is 11.3 Å². The number of hydrogen-bond donors (Lipinski definition) is 0. The number of anilines is 1. The van der Waals surface area contributed by atoms with Crippen LogP contribution in [-0.2, 0) is 22.7 Å². The van der Waals surface area contributed by atoms with E-state index in [1.54, 1.807) is 0 Å². The smallest absolute Gasteiger partial charge is 0.426 e. The summed E-state index contributed by atoms with van der Waals surface area (Å²) in [4.78, 5) is 12.5. The van der Waals surface area contributed by atoms with Crippen molar-refractivity contribution in [2.45, 2.75) is 24.1 Å². The molecule has 0 aromatic heterocycles. The summed E-state index contributed by atoms with van der Waals surface area (Å²) in [5.41, 5.74) is -9.09. The van der Waals surface area contributed by atoms with Crippen molar-refractivity contribution in [3.63, 3.8) is 0 Å². The molecule has 1 unspecified atom stereocenters. The van der Waals surface area contributed by atoms with Gasteiger partial charge in [-0.15, -0.1) is 0 Å². The first-order valence-corrected chi connectivity index (χ1v) is 8.46. The number of alkyl halides is 9. The number of carbonyl (C=O) groups is 1. The van der Waals surface area contributed by atoms with E-state index < -0.39 is 64.7 Å². The predicted octanol–water partition coefficient (Wildman–Crippen LogP) is 6.01. The number of nitrogens with zero attached hydrogens (tertiary/aromatic N) is 2. The van der Waals surface area contributed by atoms with E-state index in [0.29, 0.717) is 30.3 Å². The van der Waals surface area contributed by atoms with E-state index in [9.17, 15) is 44.3 Å².